The Balaban J connectivity index is 1.70. The standard InChI is InChI=1S/C14H24/c1-2-4-6-8-10-13-12-14(13)11-9-7-5-3-1/h2,4,13-14H,1,3,5-12H2. The third kappa shape index (κ3) is 3.48. The van der Waals surface area contributed by atoms with Gasteiger partial charge in [0.1, 0.15) is 0 Å². The topological polar surface area (TPSA) is 0 Å². The molecule has 2 atom stereocenters. The molecule has 0 aromatic carbocycles. The van der Waals surface area contributed by atoms with Crippen molar-refractivity contribution in [1.29, 1.82) is 0 Å². The molecule has 0 aliphatic heterocycles. The van der Waals surface area contributed by atoms with Gasteiger partial charge in [-0.3, -0.25) is 0 Å². The zero-order valence-corrected chi connectivity index (χ0v) is 9.38. The zero-order chi connectivity index (χ0) is 9.64. The monoisotopic (exact) mass is 192 g/mol. The molecule has 1 fully saturated rings. The fourth-order valence-electron chi connectivity index (χ4n) is 2.77. The van der Waals surface area contributed by atoms with Gasteiger partial charge in [-0.1, -0.05) is 37.8 Å². The third-order valence-corrected chi connectivity index (χ3v) is 3.88. The van der Waals surface area contributed by atoms with Crippen LogP contribution in [0.2, 0.25) is 0 Å². The van der Waals surface area contributed by atoms with Crippen molar-refractivity contribution in [1.82, 2.24) is 0 Å². The van der Waals surface area contributed by atoms with Gasteiger partial charge in [-0.05, 0) is 50.4 Å². The molecule has 2 aliphatic carbocycles. The predicted molar refractivity (Wildman–Crippen MR) is 62.3 cm³/mol. The first-order valence-corrected chi connectivity index (χ1v) is 6.62. The van der Waals surface area contributed by atoms with Crippen LogP contribution in [0.4, 0.5) is 0 Å². The Morgan fingerprint density at radius 3 is 2.14 bits per heavy atom. The van der Waals surface area contributed by atoms with E-state index < -0.39 is 0 Å². The minimum atomic E-state index is 1.13. The summed E-state index contributed by atoms with van der Waals surface area (Å²) in [5.41, 5.74) is 0. The van der Waals surface area contributed by atoms with Gasteiger partial charge < -0.3 is 0 Å². The Kier molecular flexibility index (Phi) is 4.09. The summed E-state index contributed by atoms with van der Waals surface area (Å²) in [6.45, 7) is 0. The van der Waals surface area contributed by atoms with Crippen molar-refractivity contribution in [2.75, 3.05) is 0 Å². The Morgan fingerprint density at radius 1 is 0.643 bits per heavy atom. The molecule has 0 radical (unpaired) electrons. The summed E-state index contributed by atoms with van der Waals surface area (Å²) in [6.07, 6.45) is 19.4. The molecule has 0 saturated heterocycles. The smallest absolute Gasteiger partial charge is 0.0351 e. The molecule has 0 bridgehead atoms. The van der Waals surface area contributed by atoms with Crippen molar-refractivity contribution in [3.05, 3.63) is 12.2 Å². The SMILES string of the molecule is C1=CCCCC2CC2CCCCCC1. The largest absolute Gasteiger partial charge is 0.0885 e. The van der Waals surface area contributed by atoms with Crippen molar-refractivity contribution in [3.63, 3.8) is 0 Å². The maximum atomic E-state index is 2.41. The number of allylic oxidation sites excluding steroid dienone is 2. The first-order valence-electron chi connectivity index (χ1n) is 6.62. The first-order chi connectivity index (χ1) is 6.97. The van der Waals surface area contributed by atoms with Crippen LogP contribution in [0.15, 0.2) is 12.2 Å². The molecule has 0 amide bonds. The van der Waals surface area contributed by atoms with E-state index in [1.165, 1.54) is 57.8 Å². The lowest BCUT2D eigenvalue weighted by Gasteiger charge is -1.99. The van der Waals surface area contributed by atoms with Crippen molar-refractivity contribution in [3.8, 4) is 0 Å². The highest BCUT2D eigenvalue weighted by Crippen LogP contribution is 2.45. The van der Waals surface area contributed by atoms with Crippen LogP contribution in [-0.2, 0) is 0 Å². The Bertz CT molecular complexity index is 180. The average molecular weight is 192 g/mol. The van der Waals surface area contributed by atoms with Crippen LogP contribution in [0.1, 0.15) is 64.2 Å². The molecule has 0 N–H and O–H groups in total. The van der Waals surface area contributed by atoms with Gasteiger partial charge in [0, 0.05) is 0 Å². The summed E-state index contributed by atoms with van der Waals surface area (Å²) in [7, 11) is 0. The van der Waals surface area contributed by atoms with Crippen LogP contribution in [0.3, 0.4) is 0 Å². The molecule has 2 aliphatic rings. The van der Waals surface area contributed by atoms with Crippen LogP contribution in [0, 0.1) is 11.8 Å². The lowest BCUT2D eigenvalue weighted by molar-refractivity contribution is 0.543. The Hall–Kier alpha value is -0.260. The fourth-order valence-corrected chi connectivity index (χ4v) is 2.77. The summed E-state index contributed by atoms with van der Waals surface area (Å²) in [5, 5.41) is 0. The van der Waals surface area contributed by atoms with Crippen LogP contribution < -0.4 is 0 Å². The second kappa shape index (κ2) is 5.58. The molecule has 14 heavy (non-hydrogen) atoms. The molecule has 0 aromatic rings. The van der Waals surface area contributed by atoms with Crippen LogP contribution in [0.25, 0.3) is 0 Å². The van der Waals surface area contributed by atoms with Gasteiger partial charge in [0.05, 0.1) is 0 Å². The summed E-state index contributed by atoms with van der Waals surface area (Å²) in [5.74, 6) is 2.27. The molecule has 1 saturated carbocycles. The first kappa shape index (κ1) is 10.3. The van der Waals surface area contributed by atoms with Crippen molar-refractivity contribution in [2.45, 2.75) is 64.2 Å². The quantitative estimate of drug-likeness (QED) is 0.488. The van der Waals surface area contributed by atoms with E-state index in [0.717, 1.165) is 11.8 Å². The van der Waals surface area contributed by atoms with Crippen molar-refractivity contribution < 1.29 is 0 Å². The molecule has 80 valence electrons. The van der Waals surface area contributed by atoms with E-state index in [0.29, 0.717) is 0 Å². The molecule has 0 nitrogen and oxygen atoms in total. The molecule has 0 spiro atoms. The minimum absolute atomic E-state index is 1.13. The molecular weight excluding hydrogens is 168 g/mol. The Labute approximate surface area is 88.8 Å². The van der Waals surface area contributed by atoms with E-state index in [-0.39, 0.29) is 0 Å². The highest BCUT2D eigenvalue weighted by Gasteiger charge is 2.34. The third-order valence-electron chi connectivity index (χ3n) is 3.88. The lowest BCUT2D eigenvalue weighted by Crippen LogP contribution is -1.84. The van der Waals surface area contributed by atoms with E-state index in [1.54, 1.807) is 6.42 Å². The molecule has 0 aromatic heterocycles. The predicted octanol–water partition coefficient (Wildman–Crippen LogP) is 4.70. The number of hydrogen-bond donors (Lipinski definition) is 0. The summed E-state index contributed by atoms with van der Waals surface area (Å²) >= 11 is 0. The van der Waals surface area contributed by atoms with Gasteiger partial charge in [-0.2, -0.15) is 0 Å². The fraction of sp³-hybridized carbons (Fsp3) is 0.857. The van der Waals surface area contributed by atoms with E-state index in [2.05, 4.69) is 12.2 Å². The maximum absolute atomic E-state index is 2.41. The number of fused-ring (bicyclic) bond motifs is 1. The highest BCUT2D eigenvalue weighted by atomic mass is 14.4. The summed E-state index contributed by atoms with van der Waals surface area (Å²) in [6, 6.07) is 0. The average Bonchev–Trinajstić information content (AvgIpc) is 2.92. The minimum Gasteiger partial charge on any atom is -0.0885 e. The molecule has 2 rings (SSSR count). The second-order valence-electron chi connectivity index (χ2n) is 5.15. The summed E-state index contributed by atoms with van der Waals surface area (Å²) in [4.78, 5) is 0. The Morgan fingerprint density at radius 2 is 1.29 bits per heavy atom. The lowest BCUT2D eigenvalue weighted by atomic mass is 10.1. The number of rotatable bonds is 0. The second-order valence-corrected chi connectivity index (χ2v) is 5.15. The van der Waals surface area contributed by atoms with Crippen LogP contribution in [-0.4, -0.2) is 0 Å². The molecule has 2 unspecified atom stereocenters. The van der Waals surface area contributed by atoms with E-state index in [9.17, 15) is 0 Å². The highest BCUT2D eigenvalue weighted by molar-refractivity contribution is 4.88. The van der Waals surface area contributed by atoms with E-state index in [4.69, 9.17) is 0 Å². The van der Waals surface area contributed by atoms with Gasteiger partial charge in [0.2, 0.25) is 0 Å². The van der Waals surface area contributed by atoms with Crippen LogP contribution in [0.5, 0.6) is 0 Å². The van der Waals surface area contributed by atoms with Gasteiger partial charge in [-0.25, -0.2) is 0 Å². The summed E-state index contributed by atoms with van der Waals surface area (Å²) < 4.78 is 0. The van der Waals surface area contributed by atoms with Crippen LogP contribution >= 0.6 is 0 Å². The molecular formula is C14H24. The van der Waals surface area contributed by atoms with Gasteiger partial charge in [0.25, 0.3) is 0 Å². The molecule has 0 heterocycles. The zero-order valence-electron chi connectivity index (χ0n) is 9.38. The normalized spacial score (nSPS) is 34.9. The van der Waals surface area contributed by atoms with Crippen molar-refractivity contribution in [2.24, 2.45) is 11.8 Å². The van der Waals surface area contributed by atoms with E-state index in [1.807, 2.05) is 0 Å². The van der Waals surface area contributed by atoms with E-state index >= 15 is 0 Å². The molecule has 0 heteroatoms. The van der Waals surface area contributed by atoms with Gasteiger partial charge in [-0.15, -0.1) is 0 Å². The van der Waals surface area contributed by atoms with Gasteiger partial charge >= 0.3 is 0 Å². The van der Waals surface area contributed by atoms with Crippen molar-refractivity contribution >= 4 is 0 Å². The maximum Gasteiger partial charge on any atom is -0.0351 e. The number of hydrogen-bond acceptors (Lipinski definition) is 0. The van der Waals surface area contributed by atoms with Gasteiger partial charge in [0.15, 0.2) is 0 Å².